The predicted molar refractivity (Wildman–Crippen MR) is 60.5 cm³/mol. The minimum Gasteiger partial charge on any atom is -0.462 e. The fourth-order valence-corrected chi connectivity index (χ4v) is 2.51. The van der Waals surface area contributed by atoms with Crippen LogP contribution in [0.3, 0.4) is 0 Å². The zero-order chi connectivity index (χ0) is 12.3. The summed E-state index contributed by atoms with van der Waals surface area (Å²) in [6.07, 6.45) is 0. The molecule has 0 aliphatic rings. The molecular formula is C9H10BrF2NO2S. The molecule has 0 fully saturated rings. The summed E-state index contributed by atoms with van der Waals surface area (Å²) in [6, 6.07) is -0.217. The third-order valence-corrected chi connectivity index (χ3v) is 3.61. The van der Waals surface area contributed by atoms with Crippen molar-refractivity contribution in [2.24, 2.45) is 5.73 Å². The maximum atomic E-state index is 13.5. The van der Waals surface area contributed by atoms with E-state index in [2.05, 4.69) is 20.7 Å². The lowest BCUT2D eigenvalue weighted by molar-refractivity contribution is -0.174. The van der Waals surface area contributed by atoms with Crippen LogP contribution in [0.25, 0.3) is 0 Å². The van der Waals surface area contributed by atoms with Gasteiger partial charge in [-0.1, -0.05) is 0 Å². The van der Waals surface area contributed by atoms with Gasteiger partial charge in [-0.2, -0.15) is 8.78 Å². The van der Waals surface area contributed by atoms with Crippen LogP contribution in [0.15, 0.2) is 15.9 Å². The minimum absolute atomic E-state index is 0.102. The summed E-state index contributed by atoms with van der Waals surface area (Å²) in [5.74, 6) is -5.30. The first-order chi connectivity index (χ1) is 7.39. The molecule has 0 spiro atoms. The number of ether oxygens (including phenoxy) is 1. The van der Waals surface area contributed by atoms with Gasteiger partial charge in [-0.05, 0) is 28.9 Å². The number of esters is 1. The van der Waals surface area contributed by atoms with Gasteiger partial charge in [0, 0.05) is 14.7 Å². The molecule has 0 amide bonds. The van der Waals surface area contributed by atoms with Gasteiger partial charge in [0.05, 0.1) is 6.61 Å². The highest BCUT2D eigenvalue weighted by atomic mass is 79.9. The summed E-state index contributed by atoms with van der Waals surface area (Å²) < 4.78 is 31.9. The molecule has 1 aromatic rings. The lowest BCUT2D eigenvalue weighted by Crippen LogP contribution is -2.41. The molecule has 0 saturated carbocycles. The van der Waals surface area contributed by atoms with Crippen molar-refractivity contribution in [3.63, 3.8) is 0 Å². The summed E-state index contributed by atoms with van der Waals surface area (Å²) in [5.41, 5.74) is 5.36. The van der Waals surface area contributed by atoms with E-state index in [0.29, 0.717) is 4.47 Å². The Morgan fingerprint density at radius 1 is 1.75 bits per heavy atom. The molecular weight excluding hydrogens is 304 g/mol. The number of rotatable bonds is 4. The molecule has 1 rings (SSSR count). The van der Waals surface area contributed by atoms with Crippen LogP contribution < -0.4 is 5.73 Å². The van der Waals surface area contributed by atoms with Crippen LogP contribution in [-0.4, -0.2) is 18.5 Å². The Kier molecular flexibility index (Phi) is 4.40. The van der Waals surface area contributed by atoms with Crippen LogP contribution in [0.2, 0.25) is 0 Å². The van der Waals surface area contributed by atoms with Crippen LogP contribution in [0, 0.1) is 0 Å². The van der Waals surface area contributed by atoms with Crippen molar-refractivity contribution in [3.8, 4) is 0 Å². The van der Waals surface area contributed by atoms with Crippen LogP contribution in [0.4, 0.5) is 8.78 Å². The van der Waals surface area contributed by atoms with Crippen LogP contribution in [0.5, 0.6) is 0 Å². The molecule has 0 unspecified atom stereocenters. The normalized spacial score (nSPS) is 13.6. The number of halogens is 3. The molecule has 0 aliphatic carbocycles. The number of hydrogen-bond acceptors (Lipinski definition) is 4. The number of nitrogens with two attached hydrogens (primary N) is 1. The fraction of sp³-hybridized carbons (Fsp3) is 0.444. The second-order valence-electron chi connectivity index (χ2n) is 2.99. The summed E-state index contributed by atoms with van der Waals surface area (Å²) in [7, 11) is 0. The first-order valence-electron chi connectivity index (χ1n) is 4.44. The molecule has 0 bridgehead atoms. The maximum Gasteiger partial charge on any atom is 0.379 e. The van der Waals surface area contributed by atoms with Crippen molar-refractivity contribution in [1.29, 1.82) is 0 Å². The van der Waals surface area contributed by atoms with Crippen LogP contribution in [0.1, 0.15) is 17.8 Å². The van der Waals surface area contributed by atoms with E-state index in [1.807, 2.05) is 0 Å². The summed E-state index contributed by atoms with van der Waals surface area (Å²) in [6.45, 7) is 1.36. The Hall–Kier alpha value is -0.530. The highest BCUT2D eigenvalue weighted by molar-refractivity contribution is 9.10. The molecule has 1 aromatic heterocycles. The van der Waals surface area contributed by atoms with Crippen LogP contribution >= 0.6 is 27.3 Å². The summed E-state index contributed by atoms with van der Waals surface area (Å²) >= 11 is 4.19. The van der Waals surface area contributed by atoms with Gasteiger partial charge in [0.15, 0.2) is 0 Å². The quantitative estimate of drug-likeness (QED) is 0.870. The van der Waals surface area contributed by atoms with E-state index in [0.717, 1.165) is 11.3 Å². The topological polar surface area (TPSA) is 52.3 Å². The molecule has 7 heteroatoms. The van der Waals surface area contributed by atoms with Gasteiger partial charge in [0.25, 0.3) is 0 Å². The van der Waals surface area contributed by atoms with E-state index in [4.69, 9.17) is 5.73 Å². The SMILES string of the molecule is CCOC(=O)C(F)(F)[C@@H](N)c1cc(Br)cs1. The largest absolute Gasteiger partial charge is 0.462 e. The van der Waals surface area contributed by atoms with Gasteiger partial charge in [-0.15, -0.1) is 11.3 Å². The molecule has 90 valence electrons. The van der Waals surface area contributed by atoms with Gasteiger partial charge >= 0.3 is 11.9 Å². The first kappa shape index (κ1) is 13.5. The number of thiophene rings is 1. The van der Waals surface area contributed by atoms with E-state index in [9.17, 15) is 13.6 Å². The van der Waals surface area contributed by atoms with Crippen molar-refractivity contribution >= 4 is 33.2 Å². The number of hydrogen-bond donors (Lipinski definition) is 1. The first-order valence-corrected chi connectivity index (χ1v) is 6.11. The molecule has 1 atom stereocenters. The van der Waals surface area contributed by atoms with Crippen molar-refractivity contribution in [1.82, 2.24) is 0 Å². The number of carbonyl (C=O) groups is 1. The molecule has 0 radical (unpaired) electrons. The van der Waals surface area contributed by atoms with E-state index in [1.165, 1.54) is 13.0 Å². The molecule has 0 aromatic carbocycles. The Labute approximate surface area is 104 Å². The zero-order valence-electron chi connectivity index (χ0n) is 8.38. The van der Waals surface area contributed by atoms with Gasteiger partial charge in [0.2, 0.25) is 0 Å². The molecule has 0 aliphatic heterocycles. The zero-order valence-corrected chi connectivity index (χ0v) is 10.8. The third-order valence-electron chi connectivity index (χ3n) is 1.83. The van der Waals surface area contributed by atoms with E-state index in [1.54, 1.807) is 5.38 Å². The highest BCUT2D eigenvalue weighted by Crippen LogP contribution is 2.35. The van der Waals surface area contributed by atoms with E-state index < -0.39 is 17.9 Å². The standard InChI is InChI=1S/C9H10BrF2NO2S/c1-2-15-8(14)9(11,12)7(13)6-3-5(10)4-16-6/h3-4,7H,2,13H2,1H3/t7-/m0/s1. The fourth-order valence-electron chi connectivity index (χ4n) is 1.02. The smallest absolute Gasteiger partial charge is 0.379 e. The Morgan fingerprint density at radius 2 is 2.38 bits per heavy atom. The number of alkyl halides is 2. The second-order valence-corrected chi connectivity index (χ2v) is 4.85. The Morgan fingerprint density at radius 3 is 2.81 bits per heavy atom. The average Bonchev–Trinajstić information content (AvgIpc) is 2.64. The van der Waals surface area contributed by atoms with Crippen LogP contribution in [-0.2, 0) is 9.53 Å². The summed E-state index contributed by atoms with van der Waals surface area (Å²) in [4.78, 5) is 11.3. The van der Waals surface area contributed by atoms with E-state index in [-0.39, 0.29) is 11.5 Å². The molecule has 16 heavy (non-hydrogen) atoms. The Balaban J connectivity index is 2.87. The van der Waals surface area contributed by atoms with Gasteiger partial charge in [-0.3, -0.25) is 0 Å². The lowest BCUT2D eigenvalue weighted by atomic mass is 10.1. The maximum absolute atomic E-state index is 13.5. The second kappa shape index (κ2) is 5.20. The van der Waals surface area contributed by atoms with Crippen molar-refractivity contribution < 1.29 is 18.3 Å². The van der Waals surface area contributed by atoms with Crippen molar-refractivity contribution in [3.05, 3.63) is 20.8 Å². The monoisotopic (exact) mass is 313 g/mol. The third kappa shape index (κ3) is 2.78. The van der Waals surface area contributed by atoms with Gasteiger partial charge in [-0.25, -0.2) is 4.79 Å². The molecule has 1 heterocycles. The molecule has 2 N–H and O–H groups in total. The number of carbonyl (C=O) groups excluding carboxylic acids is 1. The van der Waals surface area contributed by atoms with Crippen molar-refractivity contribution in [2.45, 2.75) is 18.9 Å². The lowest BCUT2D eigenvalue weighted by Gasteiger charge is -2.20. The van der Waals surface area contributed by atoms with E-state index >= 15 is 0 Å². The highest BCUT2D eigenvalue weighted by Gasteiger charge is 2.48. The predicted octanol–water partition coefficient (Wildman–Crippen LogP) is 2.71. The average molecular weight is 314 g/mol. The molecule has 3 nitrogen and oxygen atoms in total. The minimum atomic E-state index is -3.71. The van der Waals surface area contributed by atoms with Gasteiger partial charge < -0.3 is 10.5 Å². The molecule has 0 saturated heterocycles. The van der Waals surface area contributed by atoms with Crippen molar-refractivity contribution in [2.75, 3.05) is 6.61 Å². The summed E-state index contributed by atoms with van der Waals surface area (Å²) in [5, 5.41) is 1.62. The Bertz CT molecular complexity index is 383. The van der Waals surface area contributed by atoms with Gasteiger partial charge in [0.1, 0.15) is 6.04 Å².